The molecule has 158 valence electrons. The molecule has 1 aromatic heterocycles. The predicted molar refractivity (Wildman–Crippen MR) is 119 cm³/mol. The number of ether oxygens (including phenoxy) is 1. The summed E-state index contributed by atoms with van der Waals surface area (Å²) in [4.78, 5) is 7.26. The molecule has 6 heteroatoms. The molecule has 1 saturated heterocycles. The number of nitrogens with one attached hydrogen (secondary N) is 1. The second-order valence-electron chi connectivity index (χ2n) is 7.92. The van der Waals surface area contributed by atoms with E-state index in [0.29, 0.717) is 6.61 Å². The topological polar surface area (TPSA) is 54.7 Å². The van der Waals surface area contributed by atoms with Gasteiger partial charge in [-0.2, -0.15) is 5.10 Å². The van der Waals surface area contributed by atoms with Crippen molar-refractivity contribution in [3.63, 3.8) is 0 Å². The summed E-state index contributed by atoms with van der Waals surface area (Å²) in [6.07, 6.45) is 0.988. The van der Waals surface area contributed by atoms with E-state index >= 15 is 0 Å². The van der Waals surface area contributed by atoms with E-state index in [9.17, 15) is 0 Å². The highest BCUT2D eigenvalue weighted by Crippen LogP contribution is 2.26. The second kappa shape index (κ2) is 9.44. The van der Waals surface area contributed by atoms with Gasteiger partial charge < -0.3 is 15.0 Å². The normalized spacial score (nSPS) is 17.7. The van der Waals surface area contributed by atoms with Gasteiger partial charge in [-0.15, -0.1) is 0 Å². The molecule has 0 bridgehead atoms. The minimum Gasteiger partial charge on any atom is -0.370 e. The van der Waals surface area contributed by atoms with Crippen molar-refractivity contribution in [3.05, 3.63) is 51.8 Å². The van der Waals surface area contributed by atoms with Crippen molar-refractivity contribution in [1.29, 1.82) is 0 Å². The molecule has 0 aliphatic carbocycles. The van der Waals surface area contributed by atoms with Crippen LogP contribution >= 0.6 is 0 Å². The SMILES string of the molecule is CCNC(=NCCc1c(C)nn(C)c1C)N1CCOC(c2ccc(C)cc2C)C1. The number of benzene rings is 1. The Labute approximate surface area is 175 Å². The second-order valence-corrected chi connectivity index (χ2v) is 7.92. The van der Waals surface area contributed by atoms with Crippen molar-refractivity contribution in [2.75, 3.05) is 32.8 Å². The Bertz CT molecular complexity index is 870. The zero-order chi connectivity index (χ0) is 21.0. The standard InChI is InChI=1S/C23H35N5O/c1-7-24-23(25-11-10-21-18(4)26-27(6)19(21)5)28-12-13-29-22(15-28)20-9-8-16(2)14-17(20)3/h8-9,14,22H,7,10-13,15H2,1-6H3,(H,24,25). The Morgan fingerprint density at radius 3 is 2.72 bits per heavy atom. The molecule has 0 amide bonds. The average molecular weight is 398 g/mol. The van der Waals surface area contributed by atoms with Crippen LogP contribution in [0.3, 0.4) is 0 Å². The quantitative estimate of drug-likeness (QED) is 0.622. The van der Waals surface area contributed by atoms with E-state index in [1.54, 1.807) is 0 Å². The first-order chi connectivity index (χ1) is 13.9. The van der Waals surface area contributed by atoms with Crippen LogP contribution in [0.1, 0.15) is 46.7 Å². The summed E-state index contributed by atoms with van der Waals surface area (Å²) in [6, 6.07) is 6.61. The highest BCUT2D eigenvalue weighted by molar-refractivity contribution is 5.80. The third-order valence-corrected chi connectivity index (χ3v) is 5.76. The minimum atomic E-state index is 0.0796. The molecule has 29 heavy (non-hydrogen) atoms. The first kappa shape index (κ1) is 21.4. The van der Waals surface area contributed by atoms with Crippen LogP contribution in [0.15, 0.2) is 23.2 Å². The van der Waals surface area contributed by atoms with Crippen molar-refractivity contribution in [3.8, 4) is 0 Å². The molecule has 2 heterocycles. The summed E-state index contributed by atoms with van der Waals surface area (Å²) in [5.41, 5.74) is 7.49. The zero-order valence-corrected chi connectivity index (χ0v) is 18.7. The third-order valence-electron chi connectivity index (χ3n) is 5.76. The van der Waals surface area contributed by atoms with Crippen molar-refractivity contribution < 1.29 is 4.74 Å². The Hall–Kier alpha value is -2.34. The molecule has 1 aliphatic heterocycles. The number of aromatic nitrogens is 2. The summed E-state index contributed by atoms with van der Waals surface area (Å²) >= 11 is 0. The number of morpholine rings is 1. The lowest BCUT2D eigenvalue weighted by Gasteiger charge is -2.36. The van der Waals surface area contributed by atoms with Crippen LogP contribution in [0.2, 0.25) is 0 Å². The molecule has 1 N–H and O–H groups in total. The van der Waals surface area contributed by atoms with Gasteiger partial charge in [0.25, 0.3) is 0 Å². The molecule has 1 aromatic carbocycles. The fourth-order valence-electron chi connectivity index (χ4n) is 4.10. The van der Waals surface area contributed by atoms with E-state index in [4.69, 9.17) is 9.73 Å². The van der Waals surface area contributed by atoms with E-state index in [0.717, 1.165) is 44.3 Å². The number of aryl methyl sites for hydroxylation is 4. The van der Waals surface area contributed by atoms with Gasteiger partial charge >= 0.3 is 0 Å². The van der Waals surface area contributed by atoms with Crippen molar-refractivity contribution in [2.45, 2.75) is 47.1 Å². The lowest BCUT2D eigenvalue weighted by atomic mass is 10.00. The van der Waals surface area contributed by atoms with Gasteiger partial charge in [0.05, 0.1) is 18.8 Å². The Kier molecular flexibility index (Phi) is 6.96. The van der Waals surface area contributed by atoms with Gasteiger partial charge in [-0.3, -0.25) is 9.67 Å². The maximum Gasteiger partial charge on any atom is 0.194 e. The van der Waals surface area contributed by atoms with Gasteiger partial charge in [-0.25, -0.2) is 0 Å². The lowest BCUT2D eigenvalue weighted by Crippen LogP contribution is -2.48. The molecule has 0 radical (unpaired) electrons. The van der Waals surface area contributed by atoms with Gasteiger partial charge in [0.1, 0.15) is 6.10 Å². The molecule has 0 spiro atoms. The zero-order valence-electron chi connectivity index (χ0n) is 18.7. The number of aliphatic imine (C=N–C) groups is 1. The summed E-state index contributed by atoms with van der Waals surface area (Å²) < 4.78 is 8.07. The van der Waals surface area contributed by atoms with E-state index in [1.165, 1.54) is 27.9 Å². The van der Waals surface area contributed by atoms with Crippen LogP contribution in [-0.4, -0.2) is 53.4 Å². The number of rotatable bonds is 5. The molecule has 2 aromatic rings. The van der Waals surface area contributed by atoms with Gasteiger partial charge in [0.2, 0.25) is 0 Å². The first-order valence-corrected chi connectivity index (χ1v) is 10.6. The molecule has 1 aliphatic rings. The molecule has 1 atom stereocenters. The average Bonchev–Trinajstić information content (AvgIpc) is 2.93. The van der Waals surface area contributed by atoms with Crippen LogP contribution < -0.4 is 5.32 Å². The lowest BCUT2D eigenvalue weighted by molar-refractivity contribution is -0.00832. The van der Waals surface area contributed by atoms with E-state index in [1.807, 2.05) is 11.7 Å². The number of hydrogen-bond acceptors (Lipinski definition) is 3. The van der Waals surface area contributed by atoms with Crippen molar-refractivity contribution >= 4 is 5.96 Å². The van der Waals surface area contributed by atoms with Crippen LogP contribution in [0.25, 0.3) is 0 Å². The largest absolute Gasteiger partial charge is 0.370 e. The fourth-order valence-corrected chi connectivity index (χ4v) is 4.10. The van der Waals surface area contributed by atoms with Crippen LogP contribution in [0.5, 0.6) is 0 Å². The van der Waals surface area contributed by atoms with Gasteiger partial charge in [-0.1, -0.05) is 23.8 Å². The fraction of sp³-hybridized carbons (Fsp3) is 0.565. The van der Waals surface area contributed by atoms with Crippen molar-refractivity contribution in [2.24, 2.45) is 12.0 Å². The van der Waals surface area contributed by atoms with Crippen LogP contribution in [0, 0.1) is 27.7 Å². The summed E-state index contributed by atoms with van der Waals surface area (Å²) in [6.45, 7) is 14.6. The van der Waals surface area contributed by atoms with E-state index in [-0.39, 0.29) is 6.10 Å². The van der Waals surface area contributed by atoms with Crippen LogP contribution in [-0.2, 0) is 18.2 Å². The molecular formula is C23H35N5O. The smallest absolute Gasteiger partial charge is 0.194 e. The molecule has 1 unspecified atom stereocenters. The number of hydrogen-bond donors (Lipinski definition) is 1. The summed E-state index contributed by atoms with van der Waals surface area (Å²) in [5, 5.41) is 7.99. The monoisotopic (exact) mass is 397 g/mol. The van der Waals surface area contributed by atoms with Crippen LogP contribution in [0.4, 0.5) is 0 Å². The first-order valence-electron chi connectivity index (χ1n) is 10.6. The molecule has 3 rings (SSSR count). The highest BCUT2D eigenvalue weighted by atomic mass is 16.5. The maximum absolute atomic E-state index is 6.12. The highest BCUT2D eigenvalue weighted by Gasteiger charge is 2.25. The van der Waals surface area contributed by atoms with Crippen molar-refractivity contribution in [1.82, 2.24) is 20.0 Å². The minimum absolute atomic E-state index is 0.0796. The molecule has 6 nitrogen and oxygen atoms in total. The summed E-state index contributed by atoms with van der Waals surface area (Å²) in [7, 11) is 2.00. The number of guanidine groups is 1. The van der Waals surface area contributed by atoms with Gasteiger partial charge in [-0.05, 0) is 57.7 Å². The summed E-state index contributed by atoms with van der Waals surface area (Å²) in [5.74, 6) is 0.977. The number of nitrogens with zero attached hydrogens (tertiary/aromatic N) is 4. The predicted octanol–water partition coefficient (Wildman–Crippen LogP) is 3.24. The van der Waals surface area contributed by atoms with E-state index in [2.05, 4.69) is 68.1 Å². The molecule has 1 fully saturated rings. The Morgan fingerprint density at radius 1 is 1.28 bits per heavy atom. The molecular weight excluding hydrogens is 362 g/mol. The third kappa shape index (κ3) is 4.99. The van der Waals surface area contributed by atoms with E-state index < -0.39 is 0 Å². The maximum atomic E-state index is 6.12. The Balaban J connectivity index is 1.71. The Morgan fingerprint density at radius 2 is 2.07 bits per heavy atom. The van der Waals surface area contributed by atoms with Gasteiger partial charge in [0.15, 0.2) is 5.96 Å². The van der Waals surface area contributed by atoms with Gasteiger partial charge in [0, 0.05) is 32.4 Å². The molecule has 0 saturated carbocycles.